The van der Waals surface area contributed by atoms with Crippen molar-refractivity contribution in [2.75, 3.05) is 17.7 Å². The zero-order valence-electron chi connectivity index (χ0n) is 16.5. The number of aromatic nitrogens is 2. The number of benzene rings is 2. The lowest BCUT2D eigenvalue weighted by Crippen LogP contribution is -2.15. The molecule has 0 aliphatic heterocycles. The number of ether oxygens (including phenoxy) is 1. The monoisotopic (exact) mass is 376 g/mol. The number of methoxy groups -OCH3 is 1. The summed E-state index contributed by atoms with van der Waals surface area (Å²) in [4.78, 5) is 21.0. The van der Waals surface area contributed by atoms with Crippen molar-refractivity contribution >= 4 is 17.5 Å². The molecule has 2 N–H and O–H groups in total. The second kappa shape index (κ2) is 8.52. The van der Waals surface area contributed by atoms with Crippen molar-refractivity contribution in [1.29, 1.82) is 0 Å². The molecule has 2 aromatic carbocycles. The van der Waals surface area contributed by atoms with Gasteiger partial charge in [-0.1, -0.05) is 35.9 Å². The molecule has 0 atom stereocenters. The maximum absolute atomic E-state index is 12.5. The van der Waals surface area contributed by atoms with Gasteiger partial charge in [0.2, 0.25) is 5.95 Å². The number of amides is 1. The van der Waals surface area contributed by atoms with Gasteiger partial charge in [0, 0.05) is 30.2 Å². The molecular formula is C22H24N4O2. The Labute approximate surface area is 165 Å². The summed E-state index contributed by atoms with van der Waals surface area (Å²) in [7, 11) is 1.64. The molecule has 1 heterocycles. The third kappa shape index (κ3) is 4.46. The Morgan fingerprint density at radius 1 is 1.04 bits per heavy atom. The molecule has 3 rings (SSSR count). The standard InChI is InChI=1S/C22H24N4O2/c1-14-9-15(2)20(16(3)10-14)26-21(27)18-12-24-22(25-13-18)23-11-17-7-5-6-8-19(17)28-4/h5-10,12-13H,11H2,1-4H3,(H,26,27)(H,23,24,25). The van der Waals surface area contributed by atoms with Crippen LogP contribution in [-0.2, 0) is 6.54 Å². The van der Waals surface area contributed by atoms with Gasteiger partial charge in [-0.05, 0) is 38.0 Å². The van der Waals surface area contributed by atoms with Gasteiger partial charge < -0.3 is 15.4 Å². The van der Waals surface area contributed by atoms with Gasteiger partial charge in [0.05, 0.1) is 12.7 Å². The summed E-state index contributed by atoms with van der Waals surface area (Å²) in [6.45, 7) is 6.53. The van der Waals surface area contributed by atoms with E-state index in [0.717, 1.165) is 28.1 Å². The molecule has 3 aromatic rings. The average Bonchev–Trinajstić information content (AvgIpc) is 2.69. The Hall–Kier alpha value is -3.41. The molecule has 1 aromatic heterocycles. The predicted molar refractivity (Wildman–Crippen MR) is 111 cm³/mol. The number of anilines is 2. The van der Waals surface area contributed by atoms with E-state index in [2.05, 4.69) is 20.6 Å². The summed E-state index contributed by atoms with van der Waals surface area (Å²) in [6.07, 6.45) is 3.04. The Morgan fingerprint density at radius 3 is 2.32 bits per heavy atom. The van der Waals surface area contributed by atoms with Crippen LogP contribution in [0.2, 0.25) is 0 Å². The lowest BCUT2D eigenvalue weighted by atomic mass is 10.0. The fraction of sp³-hybridized carbons (Fsp3) is 0.227. The van der Waals surface area contributed by atoms with Crippen LogP contribution in [0.3, 0.4) is 0 Å². The molecule has 6 heteroatoms. The van der Waals surface area contributed by atoms with Crippen molar-refractivity contribution in [2.45, 2.75) is 27.3 Å². The fourth-order valence-corrected chi connectivity index (χ4v) is 3.12. The average molecular weight is 376 g/mol. The highest BCUT2D eigenvalue weighted by atomic mass is 16.5. The highest BCUT2D eigenvalue weighted by molar-refractivity contribution is 6.04. The van der Waals surface area contributed by atoms with Gasteiger partial charge in [0.25, 0.3) is 5.91 Å². The second-order valence-electron chi connectivity index (χ2n) is 6.69. The first-order chi connectivity index (χ1) is 13.5. The second-order valence-corrected chi connectivity index (χ2v) is 6.69. The smallest absolute Gasteiger partial charge is 0.258 e. The van der Waals surface area contributed by atoms with Gasteiger partial charge >= 0.3 is 0 Å². The highest BCUT2D eigenvalue weighted by Crippen LogP contribution is 2.22. The summed E-state index contributed by atoms with van der Waals surface area (Å²) in [5.41, 5.74) is 5.46. The van der Waals surface area contributed by atoms with E-state index < -0.39 is 0 Å². The number of hydrogen-bond acceptors (Lipinski definition) is 5. The largest absolute Gasteiger partial charge is 0.496 e. The van der Waals surface area contributed by atoms with Crippen LogP contribution < -0.4 is 15.4 Å². The molecule has 0 aliphatic carbocycles. The lowest BCUT2D eigenvalue weighted by Gasteiger charge is -2.13. The van der Waals surface area contributed by atoms with E-state index in [1.165, 1.54) is 18.0 Å². The van der Waals surface area contributed by atoms with Gasteiger partial charge in [0.1, 0.15) is 5.75 Å². The summed E-state index contributed by atoms with van der Waals surface area (Å²) in [5.74, 6) is 1.02. The molecule has 28 heavy (non-hydrogen) atoms. The maximum atomic E-state index is 12.5. The van der Waals surface area contributed by atoms with E-state index in [1.807, 2.05) is 57.2 Å². The number of rotatable bonds is 6. The number of para-hydroxylation sites is 1. The molecule has 6 nitrogen and oxygen atoms in total. The van der Waals surface area contributed by atoms with Crippen LogP contribution in [0.25, 0.3) is 0 Å². The topological polar surface area (TPSA) is 76.1 Å². The van der Waals surface area contributed by atoms with Crippen LogP contribution >= 0.6 is 0 Å². The molecule has 0 unspecified atom stereocenters. The number of nitrogens with zero attached hydrogens (tertiary/aromatic N) is 2. The summed E-state index contributed by atoms with van der Waals surface area (Å²) >= 11 is 0. The molecule has 144 valence electrons. The normalized spacial score (nSPS) is 10.4. The van der Waals surface area contributed by atoms with E-state index >= 15 is 0 Å². The van der Waals surface area contributed by atoms with Crippen molar-refractivity contribution in [2.24, 2.45) is 0 Å². The van der Waals surface area contributed by atoms with Crippen LogP contribution in [0.4, 0.5) is 11.6 Å². The van der Waals surface area contributed by atoms with Crippen molar-refractivity contribution in [3.05, 3.63) is 76.6 Å². The van der Waals surface area contributed by atoms with Crippen LogP contribution in [0.1, 0.15) is 32.6 Å². The van der Waals surface area contributed by atoms with Crippen LogP contribution in [0.5, 0.6) is 5.75 Å². The minimum atomic E-state index is -0.230. The van der Waals surface area contributed by atoms with Crippen molar-refractivity contribution in [3.8, 4) is 5.75 Å². The van der Waals surface area contributed by atoms with Gasteiger partial charge in [0.15, 0.2) is 0 Å². The van der Waals surface area contributed by atoms with Crippen molar-refractivity contribution in [3.63, 3.8) is 0 Å². The predicted octanol–water partition coefficient (Wildman–Crippen LogP) is 4.27. The first-order valence-electron chi connectivity index (χ1n) is 9.05. The van der Waals surface area contributed by atoms with Gasteiger partial charge in [-0.2, -0.15) is 0 Å². The SMILES string of the molecule is COc1ccccc1CNc1ncc(C(=O)Nc2c(C)cc(C)cc2C)cn1. The first kappa shape index (κ1) is 19.4. The number of carbonyl (C=O) groups excluding carboxylic acids is 1. The fourth-order valence-electron chi connectivity index (χ4n) is 3.12. The minimum Gasteiger partial charge on any atom is -0.496 e. The lowest BCUT2D eigenvalue weighted by molar-refractivity contribution is 0.102. The molecule has 0 spiro atoms. The Kier molecular flexibility index (Phi) is 5.89. The number of aryl methyl sites for hydroxylation is 3. The van der Waals surface area contributed by atoms with Crippen LogP contribution in [-0.4, -0.2) is 23.0 Å². The number of nitrogens with one attached hydrogen (secondary N) is 2. The van der Waals surface area contributed by atoms with E-state index in [1.54, 1.807) is 7.11 Å². The molecular weight excluding hydrogens is 352 g/mol. The third-order valence-corrected chi connectivity index (χ3v) is 4.46. The molecule has 0 bridgehead atoms. The zero-order chi connectivity index (χ0) is 20.1. The van der Waals surface area contributed by atoms with Crippen LogP contribution in [0.15, 0.2) is 48.8 Å². The minimum absolute atomic E-state index is 0.230. The summed E-state index contributed by atoms with van der Waals surface area (Å²) < 4.78 is 5.33. The zero-order valence-corrected chi connectivity index (χ0v) is 16.5. The van der Waals surface area contributed by atoms with Gasteiger partial charge in [-0.3, -0.25) is 4.79 Å². The first-order valence-corrected chi connectivity index (χ1v) is 9.05. The number of hydrogen-bond donors (Lipinski definition) is 2. The summed E-state index contributed by atoms with van der Waals surface area (Å²) in [6, 6.07) is 11.8. The highest BCUT2D eigenvalue weighted by Gasteiger charge is 2.12. The molecule has 1 amide bonds. The Balaban J connectivity index is 1.66. The van der Waals surface area contributed by atoms with Gasteiger partial charge in [-0.15, -0.1) is 0 Å². The molecule has 0 aliphatic rings. The van der Waals surface area contributed by atoms with Gasteiger partial charge in [-0.25, -0.2) is 9.97 Å². The molecule has 0 saturated heterocycles. The van der Waals surface area contributed by atoms with E-state index in [4.69, 9.17) is 4.74 Å². The Bertz CT molecular complexity index is 961. The summed E-state index contributed by atoms with van der Waals surface area (Å²) in [5, 5.41) is 6.10. The van der Waals surface area contributed by atoms with E-state index in [-0.39, 0.29) is 5.91 Å². The molecule has 0 radical (unpaired) electrons. The quantitative estimate of drug-likeness (QED) is 0.672. The molecule has 0 saturated carbocycles. The van der Waals surface area contributed by atoms with Crippen molar-refractivity contribution in [1.82, 2.24) is 9.97 Å². The number of carbonyl (C=O) groups is 1. The third-order valence-electron chi connectivity index (χ3n) is 4.46. The van der Waals surface area contributed by atoms with E-state index in [9.17, 15) is 4.79 Å². The maximum Gasteiger partial charge on any atom is 0.258 e. The van der Waals surface area contributed by atoms with Crippen LogP contribution in [0, 0.1) is 20.8 Å². The Morgan fingerprint density at radius 2 is 1.68 bits per heavy atom. The van der Waals surface area contributed by atoms with Crippen molar-refractivity contribution < 1.29 is 9.53 Å². The molecule has 0 fully saturated rings. The van der Waals surface area contributed by atoms with E-state index in [0.29, 0.717) is 18.1 Å².